The van der Waals surface area contributed by atoms with Crippen LogP contribution in [-0.4, -0.2) is 56.4 Å². The summed E-state index contributed by atoms with van der Waals surface area (Å²) in [5, 5.41) is 7.05. The number of thioether (sulfide) groups is 1. The molecule has 24 heavy (non-hydrogen) atoms. The Morgan fingerprint density at radius 3 is 2.75 bits per heavy atom. The van der Waals surface area contributed by atoms with Crippen molar-refractivity contribution in [1.29, 1.82) is 0 Å². The van der Waals surface area contributed by atoms with Gasteiger partial charge in [0.15, 0.2) is 5.96 Å². The Morgan fingerprint density at radius 2 is 2.04 bits per heavy atom. The molecule has 0 aliphatic heterocycles. The van der Waals surface area contributed by atoms with Gasteiger partial charge in [-0.25, -0.2) is 0 Å². The van der Waals surface area contributed by atoms with Crippen LogP contribution >= 0.6 is 11.8 Å². The molecule has 2 atom stereocenters. The molecule has 0 bridgehead atoms. The highest BCUT2D eigenvalue weighted by molar-refractivity contribution is 7.98. The maximum absolute atomic E-state index is 6.30. The molecule has 0 amide bonds. The minimum atomic E-state index is 0.204. The Bertz CT molecular complexity index is 532. The van der Waals surface area contributed by atoms with Gasteiger partial charge in [0, 0.05) is 23.5 Å². The molecule has 1 aliphatic carbocycles. The van der Waals surface area contributed by atoms with E-state index >= 15 is 0 Å². The minimum Gasteiger partial charge on any atom is -0.352 e. The second-order valence-electron chi connectivity index (χ2n) is 6.56. The fraction of sp³-hybridized carbons (Fsp3) is 0.611. The Morgan fingerprint density at radius 1 is 1.29 bits per heavy atom. The molecular weight excluding hydrogens is 318 g/mol. The number of guanidine groups is 1. The molecule has 0 aromatic heterocycles. The Balaban J connectivity index is 2.09. The lowest BCUT2D eigenvalue weighted by atomic mass is 9.91. The quantitative estimate of drug-likeness (QED) is 0.418. The van der Waals surface area contributed by atoms with Crippen molar-refractivity contribution in [3.63, 3.8) is 0 Å². The van der Waals surface area contributed by atoms with Gasteiger partial charge in [0.2, 0.25) is 0 Å². The normalized spacial score (nSPS) is 21.8. The van der Waals surface area contributed by atoms with Crippen molar-refractivity contribution >= 4 is 23.4 Å². The fourth-order valence-corrected chi connectivity index (χ4v) is 3.43. The maximum Gasteiger partial charge on any atom is 0.196 e. The van der Waals surface area contributed by atoms with Crippen molar-refractivity contribution in [1.82, 2.24) is 10.2 Å². The Hall–Kier alpha value is -1.24. The van der Waals surface area contributed by atoms with E-state index in [1.165, 1.54) is 17.7 Å². The summed E-state index contributed by atoms with van der Waals surface area (Å²) < 4.78 is 0. The summed E-state index contributed by atoms with van der Waals surface area (Å²) >= 11 is 1.73. The van der Waals surface area contributed by atoms with E-state index in [0.717, 1.165) is 37.6 Å². The molecule has 1 fully saturated rings. The van der Waals surface area contributed by atoms with E-state index in [0.29, 0.717) is 6.04 Å². The van der Waals surface area contributed by atoms with Crippen LogP contribution in [-0.2, 0) is 0 Å². The van der Waals surface area contributed by atoms with Gasteiger partial charge in [0.05, 0.1) is 12.2 Å². The van der Waals surface area contributed by atoms with Gasteiger partial charge in [-0.05, 0) is 45.3 Å². The molecule has 4 N–H and O–H groups in total. The first-order valence-corrected chi connectivity index (χ1v) is 9.94. The zero-order valence-corrected chi connectivity index (χ0v) is 15.9. The number of nitrogens with two attached hydrogens (primary N) is 1. The highest BCUT2D eigenvalue weighted by Gasteiger charge is 2.22. The third-order valence-corrected chi connectivity index (χ3v) is 5.11. The first-order chi connectivity index (χ1) is 11.6. The van der Waals surface area contributed by atoms with E-state index in [9.17, 15) is 0 Å². The minimum absolute atomic E-state index is 0.204. The predicted octanol–water partition coefficient (Wildman–Crippen LogP) is 2.60. The molecular formula is C18H31N5S. The fourth-order valence-electron chi connectivity index (χ4n) is 2.87. The van der Waals surface area contributed by atoms with E-state index in [1.54, 1.807) is 11.8 Å². The summed E-state index contributed by atoms with van der Waals surface area (Å²) in [4.78, 5) is 8.11. The molecule has 5 nitrogen and oxygen atoms in total. The lowest BCUT2D eigenvalue weighted by molar-refractivity contribution is 0.359. The van der Waals surface area contributed by atoms with Gasteiger partial charge in [-0.1, -0.05) is 25.0 Å². The van der Waals surface area contributed by atoms with Crippen LogP contribution in [0.15, 0.2) is 34.2 Å². The van der Waals surface area contributed by atoms with Gasteiger partial charge in [0.1, 0.15) is 0 Å². The number of likely N-dealkylation sites (N-methyl/N-ethyl adjacent to an activating group) is 1. The summed E-state index contributed by atoms with van der Waals surface area (Å²) in [5.41, 5.74) is 7.38. The van der Waals surface area contributed by atoms with Crippen LogP contribution in [0.1, 0.15) is 25.7 Å². The monoisotopic (exact) mass is 349 g/mol. The van der Waals surface area contributed by atoms with Crippen LogP contribution in [0.3, 0.4) is 0 Å². The number of hydrogen-bond acceptors (Lipinski definition) is 4. The van der Waals surface area contributed by atoms with Gasteiger partial charge in [-0.15, -0.1) is 11.8 Å². The molecule has 1 aromatic rings. The van der Waals surface area contributed by atoms with Gasteiger partial charge in [-0.3, -0.25) is 4.99 Å². The first-order valence-electron chi connectivity index (χ1n) is 8.71. The maximum atomic E-state index is 6.30. The molecule has 1 aromatic carbocycles. The molecule has 0 unspecified atom stereocenters. The van der Waals surface area contributed by atoms with E-state index in [4.69, 9.17) is 10.7 Å². The summed E-state index contributed by atoms with van der Waals surface area (Å²) in [6.45, 7) is 1.68. The standard InChI is InChI=1S/C18H31N5S/c1-23(2)13-12-20-18(21-15-9-5-4-8-14(15)19)22-16-10-6-7-11-17(16)24-3/h6-7,10-11,14-15H,4-5,8-9,12-13,19H2,1-3H3,(H2,20,21,22)/t14-,15-/m0/s1. The number of anilines is 1. The summed E-state index contributed by atoms with van der Waals surface area (Å²) in [5.74, 6) is 0.834. The van der Waals surface area contributed by atoms with Crippen LogP contribution in [0.2, 0.25) is 0 Å². The van der Waals surface area contributed by atoms with E-state index in [1.807, 2.05) is 6.07 Å². The number of hydrogen-bond donors (Lipinski definition) is 3. The molecule has 0 saturated heterocycles. The zero-order valence-electron chi connectivity index (χ0n) is 15.1. The lowest BCUT2D eigenvalue weighted by Gasteiger charge is -2.31. The molecule has 1 aliphatic rings. The van der Waals surface area contributed by atoms with Gasteiger partial charge in [-0.2, -0.15) is 0 Å². The van der Waals surface area contributed by atoms with Crippen molar-refractivity contribution in [2.45, 2.75) is 42.7 Å². The second-order valence-corrected chi connectivity index (χ2v) is 7.41. The topological polar surface area (TPSA) is 65.7 Å². The SMILES string of the molecule is CSc1ccccc1NC(=NCCN(C)C)N[C@H]1CCCC[C@@H]1N. The largest absolute Gasteiger partial charge is 0.352 e. The molecule has 134 valence electrons. The van der Waals surface area contributed by atoms with Gasteiger partial charge in [0.25, 0.3) is 0 Å². The number of benzene rings is 1. The van der Waals surface area contributed by atoms with Crippen molar-refractivity contribution in [2.75, 3.05) is 38.8 Å². The summed E-state index contributed by atoms with van der Waals surface area (Å²) in [6.07, 6.45) is 6.75. The van der Waals surface area contributed by atoms with Crippen molar-refractivity contribution in [2.24, 2.45) is 10.7 Å². The number of nitrogens with one attached hydrogen (secondary N) is 2. The summed E-state index contributed by atoms with van der Waals surface area (Å²) in [7, 11) is 4.13. The molecule has 2 rings (SSSR count). The van der Waals surface area contributed by atoms with Gasteiger partial charge >= 0.3 is 0 Å². The second kappa shape index (κ2) is 9.91. The summed E-state index contributed by atoms with van der Waals surface area (Å²) in [6, 6.07) is 8.82. The van der Waals surface area contributed by atoms with Crippen LogP contribution in [0.5, 0.6) is 0 Å². The third kappa shape index (κ3) is 6.00. The number of rotatable bonds is 6. The molecule has 0 spiro atoms. The van der Waals surface area contributed by atoms with Crippen molar-refractivity contribution in [3.8, 4) is 0 Å². The zero-order chi connectivity index (χ0) is 17.4. The Labute approximate surface area is 150 Å². The van der Waals surface area contributed by atoms with Crippen LogP contribution in [0.4, 0.5) is 5.69 Å². The molecule has 6 heteroatoms. The first kappa shape index (κ1) is 19.1. The van der Waals surface area contributed by atoms with Crippen LogP contribution in [0, 0.1) is 0 Å². The highest BCUT2D eigenvalue weighted by atomic mass is 32.2. The highest BCUT2D eigenvalue weighted by Crippen LogP contribution is 2.24. The molecule has 0 radical (unpaired) electrons. The number of nitrogens with zero attached hydrogens (tertiary/aromatic N) is 2. The lowest BCUT2D eigenvalue weighted by Crippen LogP contribution is -2.51. The Kier molecular flexibility index (Phi) is 7.88. The van der Waals surface area contributed by atoms with E-state index < -0.39 is 0 Å². The van der Waals surface area contributed by atoms with E-state index in [2.05, 4.69) is 54.1 Å². The number of para-hydroxylation sites is 1. The smallest absolute Gasteiger partial charge is 0.196 e. The average molecular weight is 350 g/mol. The average Bonchev–Trinajstić information content (AvgIpc) is 2.57. The predicted molar refractivity (Wildman–Crippen MR) is 106 cm³/mol. The van der Waals surface area contributed by atoms with Crippen molar-refractivity contribution in [3.05, 3.63) is 24.3 Å². The number of aliphatic imine (C=N–C) groups is 1. The van der Waals surface area contributed by atoms with Crippen LogP contribution < -0.4 is 16.4 Å². The molecule has 1 saturated carbocycles. The third-order valence-electron chi connectivity index (χ3n) is 4.32. The van der Waals surface area contributed by atoms with Gasteiger partial charge < -0.3 is 21.3 Å². The van der Waals surface area contributed by atoms with Crippen LogP contribution in [0.25, 0.3) is 0 Å². The van der Waals surface area contributed by atoms with Crippen molar-refractivity contribution < 1.29 is 0 Å². The van der Waals surface area contributed by atoms with E-state index in [-0.39, 0.29) is 6.04 Å². The molecule has 0 heterocycles.